The minimum Gasteiger partial charge on any atom is -0.316 e. The summed E-state index contributed by atoms with van der Waals surface area (Å²) in [4.78, 5) is 1.19. The normalized spacial score (nSPS) is 12.4. The predicted molar refractivity (Wildman–Crippen MR) is 84.8 cm³/mol. The Hall–Kier alpha value is -1.39. The molecule has 2 aromatic carbocycles. The van der Waals surface area contributed by atoms with Gasteiger partial charge in [0.05, 0.1) is 0 Å². The summed E-state index contributed by atoms with van der Waals surface area (Å²) in [5.41, 5.74) is 1.78. The molecule has 0 fully saturated rings. The van der Waals surface area contributed by atoms with Crippen LogP contribution in [0.5, 0.6) is 0 Å². The van der Waals surface area contributed by atoms with Crippen LogP contribution in [0.4, 0.5) is 8.78 Å². The van der Waals surface area contributed by atoms with Crippen LogP contribution in [0.15, 0.2) is 47.4 Å². The minimum atomic E-state index is -0.536. The second kappa shape index (κ2) is 7.57. The van der Waals surface area contributed by atoms with E-state index in [9.17, 15) is 8.78 Å². The zero-order valence-corrected chi connectivity index (χ0v) is 13.0. The summed E-state index contributed by atoms with van der Waals surface area (Å²) in [6.07, 6.45) is 0.543. The van der Waals surface area contributed by atoms with Crippen LogP contribution in [0.1, 0.15) is 11.1 Å². The number of rotatable bonds is 6. The van der Waals surface area contributed by atoms with E-state index in [0.717, 1.165) is 11.8 Å². The number of hydrogen-bond donors (Lipinski definition) is 1. The highest BCUT2D eigenvalue weighted by Gasteiger charge is 2.12. The third-order valence-electron chi connectivity index (χ3n) is 3.36. The molecule has 21 heavy (non-hydrogen) atoms. The van der Waals surface area contributed by atoms with Crippen LogP contribution >= 0.6 is 11.8 Å². The number of thioether (sulfide) groups is 1. The maximum absolute atomic E-state index is 13.7. The molecule has 1 unspecified atom stereocenters. The molecule has 112 valence electrons. The molecule has 0 saturated carbocycles. The number of likely N-dealkylation sites (N-methyl/N-ethyl adjacent to an activating group) is 1. The van der Waals surface area contributed by atoms with Crippen LogP contribution in [0.25, 0.3) is 0 Å². The lowest BCUT2D eigenvalue weighted by molar-refractivity contribution is 0.550. The van der Waals surface area contributed by atoms with E-state index in [2.05, 4.69) is 36.5 Å². The van der Waals surface area contributed by atoms with Crippen molar-refractivity contribution in [1.29, 1.82) is 0 Å². The van der Waals surface area contributed by atoms with E-state index in [-0.39, 0.29) is 6.04 Å². The lowest BCUT2D eigenvalue weighted by Gasteiger charge is -2.16. The van der Waals surface area contributed by atoms with Crippen molar-refractivity contribution < 1.29 is 8.78 Å². The molecule has 1 atom stereocenters. The SMILES string of the molecule is CNC(CSc1ccc(C)cc1)Cc1ccc(F)cc1F. The molecule has 4 heteroatoms. The number of benzene rings is 2. The van der Waals surface area contributed by atoms with Crippen LogP contribution in [0.2, 0.25) is 0 Å². The Morgan fingerprint density at radius 3 is 2.43 bits per heavy atom. The first-order valence-electron chi connectivity index (χ1n) is 6.89. The van der Waals surface area contributed by atoms with Gasteiger partial charge in [0, 0.05) is 22.8 Å². The Morgan fingerprint density at radius 2 is 1.81 bits per heavy atom. The predicted octanol–water partition coefficient (Wildman–Crippen LogP) is 4.20. The van der Waals surface area contributed by atoms with Crippen molar-refractivity contribution in [2.75, 3.05) is 12.8 Å². The molecule has 0 aromatic heterocycles. The van der Waals surface area contributed by atoms with Gasteiger partial charge in [-0.25, -0.2) is 8.78 Å². The molecule has 1 nitrogen and oxygen atoms in total. The molecular formula is C17H19F2NS. The maximum Gasteiger partial charge on any atom is 0.129 e. The van der Waals surface area contributed by atoms with Crippen molar-refractivity contribution in [2.45, 2.75) is 24.3 Å². The van der Waals surface area contributed by atoms with Gasteiger partial charge in [0.15, 0.2) is 0 Å². The van der Waals surface area contributed by atoms with Crippen molar-refractivity contribution >= 4 is 11.8 Å². The smallest absolute Gasteiger partial charge is 0.129 e. The van der Waals surface area contributed by atoms with E-state index in [0.29, 0.717) is 12.0 Å². The molecule has 2 aromatic rings. The number of aryl methyl sites for hydroxylation is 1. The molecule has 0 saturated heterocycles. The highest BCUT2D eigenvalue weighted by molar-refractivity contribution is 7.99. The molecule has 0 bridgehead atoms. The van der Waals surface area contributed by atoms with Gasteiger partial charge in [-0.15, -0.1) is 11.8 Å². The Balaban J connectivity index is 1.95. The van der Waals surface area contributed by atoms with E-state index in [1.165, 1.54) is 22.6 Å². The molecule has 0 amide bonds. The molecule has 0 radical (unpaired) electrons. The van der Waals surface area contributed by atoms with Crippen molar-refractivity contribution in [2.24, 2.45) is 0 Å². The van der Waals surface area contributed by atoms with Crippen molar-refractivity contribution in [3.8, 4) is 0 Å². The zero-order valence-electron chi connectivity index (χ0n) is 12.2. The molecule has 0 heterocycles. The molecule has 1 N–H and O–H groups in total. The van der Waals surface area contributed by atoms with Crippen LogP contribution in [0, 0.1) is 18.6 Å². The Bertz CT molecular complexity index is 584. The van der Waals surface area contributed by atoms with E-state index in [1.54, 1.807) is 11.8 Å². The van der Waals surface area contributed by atoms with Gasteiger partial charge in [-0.2, -0.15) is 0 Å². The fourth-order valence-corrected chi connectivity index (χ4v) is 3.04. The molecule has 0 spiro atoms. The van der Waals surface area contributed by atoms with Crippen molar-refractivity contribution in [1.82, 2.24) is 5.32 Å². The van der Waals surface area contributed by atoms with Gasteiger partial charge >= 0.3 is 0 Å². The van der Waals surface area contributed by atoms with Crippen LogP contribution in [0.3, 0.4) is 0 Å². The van der Waals surface area contributed by atoms with Gasteiger partial charge in [0.2, 0.25) is 0 Å². The van der Waals surface area contributed by atoms with Gasteiger partial charge < -0.3 is 5.32 Å². The van der Waals surface area contributed by atoms with Gasteiger partial charge in [-0.1, -0.05) is 23.8 Å². The summed E-state index contributed by atoms with van der Waals surface area (Å²) >= 11 is 1.73. The van der Waals surface area contributed by atoms with Gasteiger partial charge in [0.25, 0.3) is 0 Å². The highest BCUT2D eigenvalue weighted by Crippen LogP contribution is 2.21. The summed E-state index contributed by atoms with van der Waals surface area (Å²) in [5.74, 6) is -0.182. The first-order chi connectivity index (χ1) is 10.1. The molecule has 0 aliphatic carbocycles. The van der Waals surface area contributed by atoms with Gasteiger partial charge in [-0.05, 0) is 44.2 Å². The van der Waals surface area contributed by atoms with Crippen LogP contribution in [-0.2, 0) is 6.42 Å². The number of nitrogens with one attached hydrogen (secondary N) is 1. The quantitative estimate of drug-likeness (QED) is 0.803. The Morgan fingerprint density at radius 1 is 1.10 bits per heavy atom. The second-order valence-corrected chi connectivity index (χ2v) is 6.14. The Labute approximate surface area is 128 Å². The molecule has 0 aliphatic heterocycles. The largest absolute Gasteiger partial charge is 0.316 e. The summed E-state index contributed by atoms with van der Waals surface area (Å²) in [6, 6.07) is 12.2. The average molecular weight is 307 g/mol. The zero-order chi connectivity index (χ0) is 15.2. The van der Waals surface area contributed by atoms with E-state index < -0.39 is 11.6 Å². The third kappa shape index (κ3) is 4.83. The molecule has 2 rings (SSSR count). The van der Waals surface area contributed by atoms with E-state index >= 15 is 0 Å². The van der Waals surface area contributed by atoms with Crippen molar-refractivity contribution in [3.05, 3.63) is 65.2 Å². The second-order valence-electron chi connectivity index (χ2n) is 5.05. The monoisotopic (exact) mass is 307 g/mol. The van der Waals surface area contributed by atoms with E-state index in [4.69, 9.17) is 0 Å². The first kappa shape index (κ1) is 16.0. The van der Waals surface area contributed by atoms with Crippen LogP contribution in [-0.4, -0.2) is 18.8 Å². The van der Waals surface area contributed by atoms with Crippen molar-refractivity contribution in [3.63, 3.8) is 0 Å². The summed E-state index contributed by atoms with van der Waals surface area (Å²) < 4.78 is 26.6. The number of hydrogen-bond acceptors (Lipinski definition) is 2. The first-order valence-corrected chi connectivity index (χ1v) is 7.87. The summed E-state index contributed by atoms with van der Waals surface area (Å²) in [7, 11) is 1.86. The summed E-state index contributed by atoms with van der Waals surface area (Å²) in [6.45, 7) is 2.06. The average Bonchev–Trinajstić information content (AvgIpc) is 2.47. The van der Waals surface area contributed by atoms with Crippen LogP contribution < -0.4 is 5.32 Å². The Kier molecular flexibility index (Phi) is 5.76. The molecular weight excluding hydrogens is 288 g/mol. The minimum absolute atomic E-state index is 0.135. The maximum atomic E-state index is 13.7. The lowest BCUT2D eigenvalue weighted by Crippen LogP contribution is -2.30. The fraction of sp³-hybridized carbons (Fsp3) is 0.294. The number of halogens is 2. The fourth-order valence-electron chi connectivity index (χ4n) is 2.03. The van der Waals surface area contributed by atoms with Gasteiger partial charge in [0.1, 0.15) is 11.6 Å². The summed E-state index contributed by atoms with van der Waals surface area (Å²) in [5, 5.41) is 3.19. The van der Waals surface area contributed by atoms with Gasteiger partial charge in [-0.3, -0.25) is 0 Å². The third-order valence-corrected chi connectivity index (χ3v) is 4.54. The van der Waals surface area contributed by atoms with E-state index in [1.807, 2.05) is 7.05 Å². The highest BCUT2D eigenvalue weighted by atomic mass is 32.2. The standard InChI is InChI=1S/C17H19F2NS/c1-12-3-7-16(8-4-12)21-11-15(20-2)9-13-5-6-14(18)10-17(13)19/h3-8,10,15,20H,9,11H2,1-2H3. The topological polar surface area (TPSA) is 12.0 Å². The lowest BCUT2D eigenvalue weighted by atomic mass is 10.1. The molecule has 0 aliphatic rings.